The fourth-order valence-corrected chi connectivity index (χ4v) is 2.10. The first-order valence-corrected chi connectivity index (χ1v) is 7.24. The molecule has 2 N–H and O–H groups in total. The number of carbonyl (C=O) groups is 2. The first kappa shape index (κ1) is 17.8. The Labute approximate surface area is 130 Å². The topological polar surface area (TPSA) is 84.9 Å². The van der Waals surface area contributed by atoms with Gasteiger partial charge in [0.05, 0.1) is 20.6 Å². The molecule has 0 aliphatic rings. The highest BCUT2D eigenvalue weighted by Gasteiger charge is 2.20. The van der Waals surface area contributed by atoms with Gasteiger partial charge in [-0.05, 0) is 24.6 Å². The molecule has 1 aromatic carbocycles. The Kier molecular flexibility index (Phi) is 7.22. The van der Waals surface area contributed by atoms with E-state index in [0.29, 0.717) is 23.5 Å². The number of rotatable bonds is 9. The van der Waals surface area contributed by atoms with E-state index in [0.717, 1.165) is 12.8 Å². The quantitative estimate of drug-likeness (QED) is 0.729. The maximum atomic E-state index is 12.1. The van der Waals surface area contributed by atoms with Crippen molar-refractivity contribution in [1.29, 1.82) is 0 Å². The molecule has 0 aliphatic heterocycles. The Morgan fingerprint density at radius 3 is 2.55 bits per heavy atom. The number of aliphatic carboxylic acids is 1. The summed E-state index contributed by atoms with van der Waals surface area (Å²) < 4.78 is 10.3. The van der Waals surface area contributed by atoms with E-state index in [1.807, 2.05) is 6.92 Å². The monoisotopic (exact) mass is 309 g/mol. The Balaban J connectivity index is 2.76. The van der Waals surface area contributed by atoms with Crippen LogP contribution in [0.1, 0.15) is 31.7 Å². The van der Waals surface area contributed by atoms with E-state index in [1.165, 1.54) is 14.2 Å². The highest BCUT2D eigenvalue weighted by molar-refractivity contribution is 5.85. The highest BCUT2D eigenvalue weighted by Crippen LogP contribution is 2.24. The molecule has 0 radical (unpaired) electrons. The summed E-state index contributed by atoms with van der Waals surface area (Å²) >= 11 is 0. The van der Waals surface area contributed by atoms with Crippen molar-refractivity contribution in [1.82, 2.24) is 5.32 Å². The van der Waals surface area contributed by atoms with Crippen molar-refractivity contribution in [3.8, 4) is 11.5 Å². The van der Waals surface area contributed by atoms with Gasteiger partial charge in [-0.15, -0.1) is 0 Å². The minimum Gasteiger partial charge on any atom is -0.497 e. The molecule has 122 valence electrons. The van der Waals surface area contributed by atoms with Crippen molar-refractivity contribution in [3.05, 3.63) is 23.8 Å². The van der Waals surface area contributed by atoms with E-state index < -0.39 is 12.0 Å². The number of unbranched alkanes of at least 4 members (excludes halogenated alkanes) is 1. The van der Waals surface area contributed by atoms with Gasteiger partial charge in [-0.1, -0.05) is 19.8 Å². The third-order valence-corrected chi connectivity index (χ3v) is 3.32. The first-order valence-electron chi connectivity index (χ1n) is 7.24. The summed E-state index contributed by atoms with van der Waals surface area (Å²) in [4.78, 5) is 23.2. The van der Waals surface area contributed by atoms with E-state index in [9.17, 15) is 9.59 Å². The van der Waals surface area contributed by atoms with Gasteiger partial charge >= 0.3 is 5.97 Å². The van der Waals surface area contributed by atoms with Crippen LogP contribution in [0.4, 0.5) is 0 Å². The zero-order chi connectivity index (χ0) is 16.5. The Morgan fingerprint density at radius 2 is 2.00 bits per heavy atom. The van der Waals surface area contributed by atoms with Gasteiger partial charge < -0.3 is 19.9 Å². The van der Waals surface area contributed by atoms with Crippen LogP contribution < -0.4 is 14.8 Å². The number of nitrogens with one attached hydrogen (secondary N) is 1. The SMILES string of the molecule is CCCC[C@H](NC(=O)Cc1cc(OC)ccc1OC)C(=O)O. The molecule has 0 unspecified atom stereocenters. The minimum absolute atomic E-state index is 0.0380. The van der Waals surface area contributed by atoms with Crippen LogP contribution in [0.3, 0.4) is 0 Å². The predicted octanol–water partition coefficient (Wildman–Crippen LogP) is 2.01. The normalized spacial score (nSPS) is 11.6. The summed E-state index contributed by atoms with van der Waals surface area (Å²) in [6, 6.07) is 4.30. The van der Waals surface area contributed by atoms with E-state index in [1.54, 1.807) is 18.2 Å². The van der Waals surface area contributed by atoms with Crippen LogP contribution in [0, 0.1) is 0 Å². The van der Waals surface area contributed by atoms with Crippen molar-refractivity contribution < 1.29 is 24.2 Å². The van der Waals surface area contributed by atoms with Gasteiger partial charge in [-0.2, -0.15) is 0 Å². The molecule has 0 fully saturated rings. The summed E-state index contributed by atoms with van der Waals surface area (Å²) in [6.45, 7) is 1.97. The minimum atomic E-state index is -1.01. The molecule has 1 aromatic rings. The van der Waals surface area contributed by atoms with Crippen molar-refractivity contribution in [3.63, 3.8) is 0 Å². The molecule has 0 aliphatic carbocycles. The van der Waals surface area contributed by atoms with E-state index >= 15 is 0 Å². The molecule has 6 nitrogen and oxygen atoms in total. The van der Waals surface area contributed by atoms with Crippen LogP contribution in [-0.4, -0.2) is 37.2 Å². The van der Waals surface area contributed by atoms with Crippen LogP contribution in [0.15, 0.2) is 18.2 Å². The molecule has 0 heterocycles. The smallest absolute Gasteiger partial charge is 0.326 e. The fraction of sp³-hybridized carbons (Fsp3) is 0.500. The number of methoxy groups -OCH3 is 2. The summed E-state index contributed by atoms with van der Waals surface area (Å²) in [6.07, 6.45) is 2.09. The summed E-state index contributed by atoms with van der Waals surface area (Å²) in [7, 11) is 3.06. The second-order valence-corrected chi connectivity index (χ2v) is 4.96. The van der Waals surface area contributed by atoms with Crippen LogP contribution in [-0.2, 0) is 16.0 Å². The predicted molar refractivity (Wildman–Crippen MR) is 82.3 cm³/mol. The molecular weight excluding hydrogens is 286 g/mol. The number of carboxylic acid groups (broad SMARTS) is 1. The van der Waals surface area contributed by atoms with Gasteiger partial charge in [0.15, 0.2) is 0 Å². The lowest BCUT2D eigenvalue weighted by molar-refractivity contribution is -0.142. The number of ether oxygens (including phenoxy) is 2. The van der Waals surface area contributed by atoms with E-state index in [-0.39, 0.29) is 12.3 Å². The molecule has 0 saturated heterocycles. The number of amides is 1. The van der Waals surface area contributed by atoms with Crippen LogP contribution in [0.25, 0.3) is 0 Å². The van der Waals surface area contributed by atoms with Crippen molar-refractivity contribution in [2.24, 2.45) is 0 Å². The van der Waals surface area contributed by atoms with Crippen molar-refractivity contribution in [2.75, 3.05) is 14.2 Å². The van der Waals surface area contributed by atoms with E-state index in [4.69, 9.17) is 14.6 Å². The summed E-state index contributed by atoms with van der Waals surface area (Å²) in [5.74, 6) is -0.185. The molecule has 0 spiro atoms. The van der Waals surface area contributed by atoms with Gasteiger partial charge in [0.1, 0.15) is 17.5 Å². The van der Waals surface area contributed by atoms with Crippen molar-refractivity contribution >= 4 is 11.9 Å². The number of carboxylic acids is 1. The third kappa shape index (κ3) is 5.27. The lowest BCUT2D eigenvalue weighted by Gasteiger charge is -2.15. The highest BCUT2D eigenvalue weighted by atomic mass is 16.5. The fourth-order valence-electron chi connectivity index (χ4n) is 2.10. The molecule has 0 saturated carbocycles. The van der Waals surface area contributed by atoms with Gasteiger partial charge in [0, 0.05) is 5.56 Å². The van der Waals surface area contributed by atoms with Crippen LogP contribution >= 0.6 is 0 Å². The molecule has 0 bridgehead atoms. The largest absolute Gasteiger partial charge is 0.497 e. The number of benzene rings is 1. The van der Waals surface area contributed by atoms with E-state index in [2.05, 4.69) is 5.32 Å². The second kappa shape index (κ2) is 8.92. The number of hydrogen-bond acceptors (Lipinski definition) is 4. The molecule has 1 amide bonds. The second-order valence-electron chi connectivity index (χ2n) is 4.96. The maximum absolute atomic E-state index is 12.1. The molecule has 22 heavy (non-hydrogen) atoms. The molecule has 1 atom stereocenters. The van der Waals surface area contributed by atoms with Gasteiger partial charge in [0.25, 0.3) is 0 Å². The summed E-state index contributed by atoms with van der Waals surface area (Å²) in [5, 5.41) is 11.7. The average Bonchev–Trinajstić information content (AvgIpc) is 2.50. The summed E-state index contributed by atoms with van der Waals surface area (Å²) in [5.41, 5.74) is 0.652. The zero-order valence-corrected chi connectivity index (χ0v) is 13.2. The molecule has 6 heteroatoms. The van der Waals surface area contributed by atoms with Gasteiger partial charge in [-0.25, -0.2) is 4.79 Å². The van der Waals surface area contributed by atoms with Gasteiger partial charge in [0.2, 0.25) is 5.91 Å². The Morgan fingerprint density at radius 1 is 1.27 bits per heavy atom. The van der Waals surface area contributed by atoms with Crippen molar-refractivity contribution in [2.45, 2.75) is 38.6 Å². The molecule has 1 rings (SSSR count). The Bertz CT molecular complexity index is 515. The molecule has 0 aromatic heterocycles. The molecular formula is C16H23NO5. The van der Waals surface area contributed by atoms with Crippen LogP contribution in [0.2, 0.25) is 0 Å². The Hall–Kier alpha value is -2.24. The standard InChI is InChI=1S/C16H23NO5/c1-4-5-6-13(16(19)20)17-15(18)10-11-9-12(21-2)7-8-14(11)22-3/h7-9,13H,4-6,10H2,1-3H3,(H,17,18)(H,19,20)/t13-/m0/s1. The first-order chi connectivity index (χ1) is 10.5. The lowest BCUT2D eigenvalue weighted by atomic mass is 10.1. The zero-order valence-electron chi connectivity index (χ0n) is 13.2. The average molecular weight is 309 g/mol. The van der Waals surface area contributed by atoms with Gasteiger partial charge in [-0.3, -0.25) is 4.79 Å². The van der Waals surface area contributed by atoms with Crippen LogP contribution in [0.5, 0.6) is 11.5 Å². The maximum Gasteiger partial charge on any atom is 0.326 e. The number of carbonyl (C=O) groups excluding carboxylic acids is 1. The lowest BCUT2D eigenvalue weighted by Crippen LogP contribution is -2.41. The third-order valence-electron chi connectivity index (χ3n) is 3.32. The number of hydrogen-bond donors (Lipinski definition) is 2.